The highest BCUT2D eigenvalue weighted by Gasteiger charge is 2.35. The molecule has 0 saturated heterocycles. The zero-order valence-electron chi connectivity index (χ0n) is 18.8. The molecule has 10 nitrogen and oxygen atoms in total. The summed E-state index contributed by atoms with van der Waals surface area (Å²) in [6.45, 7) is 3.68. The maximum absolute atomic E-state index is 13.0. The van der Waals surface area contributed by atoms with Gasteiger partial charge in [0.05, 0.1) is 11.8 Å². The second-order valence-electron chi connectivity index (χ2n) is 8.24. The van der Waals surface area contributed by atoms with Crippen LogP contribution < -0.4 is 16.0 Å². The zero-order chi connectivity index (χ0) is 24.5. The van der Waals surface area contributed by atoms with Crippen molar-refractivity contribution < 1.29 is 32.4 Å². The third-order valence-corrected chi connectivity index (χ3v) is 6.94. The summed E-state index contributed by atoms with van der Waals surface area (Å²) < 4.78 is 34.9. The molecular formula is C20H34N3O7PS. The van der Waals surface area contributed by atoms with E-state index in [1.54, 1.807) is 0 Å². The number of amides is 2. The summed E-state index contributed by atoms with van der Waals surface area (Å²) in [6.07, 6.45) is 1.08. The van der Waals surface area contributed by atoms with Crippen molar-refractivity contribution in [3.63, 3.8) is 0 Å². The molecule has 12 heteroatoms. The van der Waals surface area contributed by atoms with Gasteiger partial charge in [-0.3, -0.25) is 19.5 Å². The maximum Gasteiger partial charge on any atom is 0.342 e. The normalized spacial score (nSPS) is 15.1. The molecule has 0 spiro atoms. The van der Waals surface area contributed by atoms with E-state index in [2.05, 4.69) is 16.0 Å². The molecule has 0 heterocycles. The minimum absolute atomic E-state index is 0.0156. The van der Waals surface area contributed by atoms with E-state index in [0.29, 0.717) is 0 Å². The number of hydrogen-bond donors (Lipinski definition) is 5. The van der Waals surface area contributed by atoms with Gasteiger partial charge in [-0.1, -0.05) is 44.2 Å². The summed E-state index contributed by atoms with van der Waals surface area (Å²) in [4.78, 5) is 44.8. The SMILES string of the molecule is CNC(=O)[C@H](Cc1ccccc1)NC(=O)C(CC(C)C)N[C@H](CCS(C)(=O)=O)P(=O)(O)O. The van der Waals surface area contributed by atoms with Crippen LogP contribution >= 0.6 is 7.60 Å². The van der Waals surface area contributed by atoms with Gasteiger partial charge in [0.2, 0.25) is 11.8 Å². The molecule has 0 radical (unpaired) electrons. The molecule has 0 aliphatic heterocycles. The first kappa shape index (κ1) is 28.3. The topological polar surface area (TPSA) is 162 Å². The van der Waals surface area contributed by atoms with Gasteiger partial charge in [0, 0.05) is 19.7 Å². The van der Waals surface area contributed by atoms with Crippen LogP contribution in [0.2, 0.25) is 0 Å². The Hall–Kier alpha value is -1.78. The van der Waals surface area contributed by atoms with E-state index < -0.39 is 52.9 Å². The molecule has 0 saturated carbocycles. The summed E-state index contributed by atoms with van der Waals surface area (Å²) in [5.41, 5.74) is 0.830. The number of rotatable bonds is 13. The monoisotopic (exact) mass is 491 g/mol. The smallest absolute Gasteiger partial charge is 0.342 e. The van der Waals surface area contributed by atoms with Gasteiger partial charge >= 0.3 is 7.60 Å². The number of carbonyl (C=O) groups is 2. The molecular weight excluding hydrogens is 457 g/mol. The van der Waals surface area contributed by atoms with E-state index in [1.807, 2.05) is 44.2 Å². The second kappa shape index (κ2) is 12.5. The molecule has 5 N–H and O–H groups in total. The highest BCUT2D eigenvalue weighted by Crippen LogP contribution is 2.42. The third kappa shape index (κ3) is 10.7. The van der Waals surface area contributed by atoms with Crippen molar-refractivity contribution in [1.82, 2.24) is 16.0 Å². The number of nitrogens with one attached hydrogen (secondary N) is 3. The molecule has 1 aromatic rings. The van der Waals surface area contributed by atoms with Gasteiger partial charge in [-0.2, -0.15) is 0 Å². The van der Waals surface area contributed by atoms with Crippen LogP contribution in [-0.4, -0.2) is 66.9 Å². The lowest BCUT2D eigenvalue weighted by atomic mass is 10.0. The van der Waals surface area contributed by atoms with Crippen molar-refractivity contribution in [2.45, 2.75) is 51.0 Å². The van der Waals surface area contributed by atoms with Gasteiger partial charge in [-0.05, 0) is 24.3 Å². The Kier molecular flexibility index (Phi) is 11.0. The van der Waals surface area contributed by atoms with Gasteiger partial charge in [-0.15, -0.1) is 0 Å². The first-order chi connectivity index (χ1) is 14.7. The fourth-order valence-electron chi connectivity index (χ4n) is 3.13. The molecule has 32 heavy (non-hydrogen) atoms. The highest BCUT2D eigenvalue weighted by atomic mass is 32.2. The van der Waals surface area contributed by atoms with E-state index in [0.717, 1.165) is 11.8 Å². The van der Waals surface area contributed by atoms with Crippen molar-refractivity contribution in [3.05, 3.63) is 35.9 Å². The van der Waals surface area contributed by atoms with Crippen LogP contribution in [0.3, 0.4) is 0 Å². The molecule has 1 unspecified atom stereocenters. The minimum atomic E-state index is -4.75. The molecule has 1 aromatic carbocycles. The van der Waals surface area contributed by atoms with E-state index >= 15 is 0 Å². The number of sulfone groups is 1. The van der Waals surface area contributed by atoms with Crippen LogP contribution in [0.5, 0.6) is 0 Å². The summed E-state index contributed by atoms with van der Waals surface area (Å²) >= 11 is 0. The summed E-state index contributed by atoms with van der Waals surface area (Å²) in [5, 5.41) is 7.83. The summed E-state index contributed by atoms with van der Waals surface area (Å²) in [5.74, 6) is -2.98. The molecule has 3 atom stereocenters. The fraction of sp³-hybridized carbons (Fsp3) is 0.600. The largest absolute Gasteiger partial charge is 0.357 e. The molecule has 2 amide bonds. The first-order valence-electron chi connectivity index (χ1n) is 10.3. The molecule has 0 aromatic heterocycles. The number of carbonyl (C=O) groups excluding carboxylic acids is 2. The predicted octanol–water partition coefficient (Wildman–Crippen LogP) is 0.403. The van der Waals surface area contributed by atoms with E-state index in [-0.39, 0.29) is 25.2 Å². The number of likely N-dealkylation sites (N-methyl/N-ethyl adjacent to an activating group) is 1. The van der Waals surface area contributed by atoms with Crippen molar-refractivity contribution in [2.75, 3.05) is 19.1 Å². The Labute approximate surface area is 189 Å². The van der Waals surface area contributed by atoms with E-state index in [9.17, 15) is 32.4 Å². The Morgan fingerprint density at radius 1 is 1.06 bits per heavy atom. The van der Waals surface area contributed by atoms with Crippen LogP contribution in [0.1, 0.15) is 32.3 Å². The first-order valence-corrected chi connectivity index (χ1v) is 14.0. The molecule has 0 aliphatic rings. The second-order valence-corrected chi connectivity index (χ2v) is 12.3. The predicted molar refractivity (Wildman–Crippen MR) is 123 cm³/mol. The average molecular weight is 492 g/mol. The number of hydrogen-bond acceptors (Lipinski definition) is 6. The molecule has 0 aliphatic carbocycles. The van der Waals surface area contributed by atoms with Gasteiger partial charge in [0.15, 0.2) is 0 Å². The van der Waals surface area contributed by atoms with Crippen LogP contribution in [0.15, 0.2) is 30.3 Å². The molecule has 0 bridgehead atoms. The molecule has 182 valence electrons. The maximum atomic E-state index is 13.0. The fourth-order valence-corrected chi connectivity index (χ4v) is 4.81. The quantitative estimate of drug-likeness (QED) is 0.248. The lowest BCUT2D eigenvalue weighted by Crippen LogP contribution is -2.55. The van der Waals surface area contributed by atoms with E-state index in [4.69, 9.17) is 0 Å². The van der Waals surface area contributed by atoms with Crippen molar-refractivity contribution >= 4 is 29.2 Å². The lowest BCUT2D eigenvalue weighted by molar-refractivity contribution is -0.130. The van der Waals surface area contributed by atoms with Crippen LogP contribution in [0, 0.1) is 5.92 Å². The van der Waals surface area contributed by atoms with Crippen molar-refractivity contribution in [2.24, 2.45) is 5.92 Å². The zero-order valence-corrected chi connectivity index (χ0v) is 20.5. The van der Waals surface area contributed by atoms with Crippen molar-refractivity contribution in [1.29, 1.82) is 0 Å². The highest BCUT2D eigenvalue weighted by molar-refractivity contribution is 7.90. The summed E-state index contributed by atoms with van der Waals surface area (Å²) in [7, 11) is -6.76. The minimum Gasteiger partial charge on any atom is -0.357 e. The van der Waals surface area contributed by atoms with Gasteiger partial charge < -0.3 is 20.4 Å². The van der Waals surface area contributed by atoms with Gasteiger partial charge in [0.25, 0.3) is 0 Å². The van der Waals surface area contributed by atoms with Gasteiger partial charge in [-0.25, -0.2) is 8.42 Å². The van der Waals surface area contributed by atoms with Crippen LogP contribution in [0.4, 0.5) is 0 Å². The van der Waals surface area contributed by atoms with Crippen LogP contribution in [-0.2, 0) is 30.4 Å². The van der Waals surface area contributed by atoms with Gasteiger partial charge in [0.1, 0.15) is 21.7 Å². The Bertz CT molecular complexity index is 903. The van der Waals surface area contributed by atoms with Crippen LogP contribution in [0.25, 0.3) is 0 Å². The Morgan fingerprint density at radius 3 is 2.12 bits per heavy atom. The Morgan fingerprint density at radius 2 is 1.66 bits per heavy atom. The third-order valence-electron chi connectivity index (χ3n) is 4.75. The lowest BCUT2D eigenvalue weighted by Gasteiger charge is -2.28. The average Bonchev–Trinajstić information content (AvgIpc) is 2.67. The standard InChI is InChI=1S/C20H34N3O7PS/c1-14(2)12-16(22-18(31(26,27)28)10-11-32(4,29)30)20(25)23-17(19(24)21-3)13-15-8-6-5-7-9-15/h5-9,14,16-18,22H,10-13H2,1-4H3,(H,21,24)(H,23,25)(H2,26,27,28)/t16?,17-,18-/m0/s1. The summed E-state index contributed by atoms with van der Waals surface area (Å²) in [6, 6.07) is 7.17. The number of benzene rings is 1. The Balaban J connectivity index is 3.06. The van der Waals surface area contributed by atoms with E-state index in [1.165, 1.54) is 7.05 Å². The van der Waals surface area contributed by atoms with Crippen molar-refractivity contribution in [3.8, 4) is 0 Å². The molecule has 0 fully saturated rings. The molecule has 1 rings (SSSR count).